The first-order chi connectivity index (χ1) is 20.0. The van der Waals surface area contributed by atoms with Gasteiger partial charge in [-0.05, 0) is 49.1 Å². The zero-order chi connectivity index (χ0) is 28.6. The van der Waals surface area contributed by atoms with Crippen LogP contribution in [0.25, 0.3) is 10.9 Å². The molecule has 9 heteroatoms. The summed E-state index contributed by atoms with van der Waals surface area (Å²) in [6.07, 6.45) is 1.73. The summed E-state index contributed by atoms with van der Waals surface area (Å²) in [6, 6.07) is 14.2. The lowest BCUT2D eigenvalue weighted by Gasteiger charge is -2.51. The predicted molar refractivity (Wildman–Crippen MR) is 156 cm³/mol. The van der Waals surface area contributed by atoms with Crippen LogP contribution >= 0.6 is 0 Å². The molecule has 0 radical (unpaired) electrons. The van der Waals surface area contributed by atoms with Crippen molar-refractivity contribution in [2.45, 2.75) is 38.1 Å². The van der Waals surface area contributed by atoms with Crippen LogP contribution in [-0.4, -0.2) is 97.7 Å². The number of nitrogens with zero attached hydrogens (tertiary/aromatic N) is 3. The average Bonchev–Trinajstić information content (AvgIpc) is 3.40. The molecule has 3 aliphatic heterocycles. The highest BCUT2D eigenvalue weighted by molar-refractivity contribution is 6.01. The van der Waals surface area contributed by atoms with E-state index in [-0.39, 0.29) is 24.3 Å². The number of hydrogen-bond donors (Lipinski definition) is 1. The molecule has 1 N–H and O–H groups in total. The number of para-hydroxylation sites is 1. The topological polar surface area (TPSA) is 87.3 Å². The fraction of sp³-hybridized carbons (Fsp3) is 0.500. The monoisotopic (exact) mass is 560 g/mol. The van der Waals surface area contributed by atoms with Crippen molar-refractivity contribution in [2.75, 3.05) is 66.2 Å². The third kappa shape index (κ3) is 4.85. The van der Waals surface area contributed by atoms with Crippen LogP contribution in [-0.2, 0) is 19.9 Å². The fourth-order valence-electron chi connectivity index (χ4n) is 6.70. The molecule has 0 spiro atoms. The molecule has 9 nitrogen and oxygen atoms in total. The van der Waals surface area contributed by atoms with Crippen LogP contribution in [0, 0.1) is 0 Å². The van der Waals surface area contributed by atoms with Crippen molar-refractivity contribution in [1.82, 2.24) is 19.7 Å². The molecule has 0 bridgehead atoms. The Hall–Kier alpha value is -3.56. The molecule has 2 atom stereocenters. The van der Waals surface area contributed by atoms with Gasteiger partial charge in [0.2, 0.25) is 5.91 Å². The summed E-state index contributed by atoms with van der Waals surface area (Å²) in [4.78, 5) is 37.6. The average molecular weight is 561 g/mol. The molecule has 2 amide bonds. The van der Waals surface area contributed by atoms with Gasteiger partial charge in [0.1, 0.15) is 0 Å². The summed E-state index contributed by atoms with van der Waals surface area (Å²) in [5.74, 6) is 1.19. The zero-order valence-corrected chi connectivity index (χ0v) is 24.3. The van der Waals surface area contributed by atoms with Crippen molar-refractivity contribution < 1.29 is 23.8 Å². The lowest BCUT2D eigenvalue weighted by molar-refractivity contribution is -0.166. The summed E-state index contributed by atoms with van der Waals surface area (Å²) < 4.78 is 17.1. The van der Waals surface area contributed by atoms with Gasteiger partial charge in [-0.15, -0.1) is 0 Å². The van der Waals surface area contributed by atoms with Crippen LogP contribution < -0.4 is 9.47 Å². The molecule has 4 heterocycles. The minimum absolute atomic E-state index is 0.0220. The van der Waals surface area contributed by atoms with Gasteiger partial charge in [0.15, 0.2) is 17.0 Å². The molecule has 0 aliphatic carbocycles. The Balaban J connectivity index is 1.36. The maximum absolute atomic E-state index is 14.3. The molecule has 2 aromatic carbocycles. The first kappa shape index (κ1) is 27.6. The van der Waals surface area contributed by atoms with Crippen LogP contribution in [0.4, 0.5) is 0 Å². The first-order valence-electron chi connectivity index (χ1n) is 14.8. The molecule has 2 fully saturated rings. The summed E-state index contributed by atoms with van der Waals surface area (Å²) in [7, 11) is 1.65. The summed E-state index contributed by atoms with van der Waals surface area (Å²) in [5.41, 5.74) is 2.75. The second kappa shape index (κ2) is 11.4. The Morgan fingerprint density at radius 2 is 1.88 bits per heavy atom. The molecular weight excluding hydrogens is 520 g/mol. The number of aromatic nitrogens is 1. The number of aromatic amines is 1. The molecule has 41 heavy (non-hydrogen) atoms. The Morgan fingerprint density at radius 3 is 2.66 bits per heavy atom. The van der Waals surface area contributed by atoms with Crippen LogP contribution in [0.5, 0.6) is 11.5 Å². The van der Waals surface area contributed by atoms with E-state index in [4.69, 9.17) is 14.2 Å². The highest BCUT2D eigenvalue weighted by atomic mass is 16.5. The number of H-pyrrole nitrogens is 1. The highest BCUT2D eigenvalue weighted by Crippen LogP contribution is 2.49. The van der Waals surface area contributed by atoms with Crippen molar-refractivity contribution in [3.63, 3.8) is 0 Å². The third-order valence-electron chi connectivity index (χ3n) is 8.88. The van der Waals surface area contributed by atoms with Crippen molar-refractivity contribution in [3.8, 4) is 11.5 Å². The zero-order valence-electron chi connectivity index (χ0n) is 24.3. The van der Waals surface area contributed by atoms with Gasteiger partial charge in [-0.25, -0.2) is 0 Å². The first-order valence-corrected chi connectivity index (χ1v) is 14.8. The molecule has 218 valence electrons. The van der Waals surface area contributed by atoms with Crippen molar-refractivity contribution in [1.29, 1.82) is 0 Å². The van der Waals surface area contributed by atoms with Gasteiger partial charge in [0.25, 0.3) is 5.91 Å². The quantitative estimate of drug-likeness (QED) is 0.429. The van der Waals surface area contributed by atoms with Gasteiger partial charge >= 0.3 is 0 Å². The number of morpholine rings is 1. The third-order valence-corrected chi connectivity index (χ3v) is 8.88. The van der Waals surface area contributed by atoms with E-state index in [1.54, 1.807) is 16.9 Å². The fourth-order valence-corrected chi connectivity index (χ4v) is 6.70. The number of carbonyl (C=O) groups is 2. The number of benzene rings is 2. The Bertz CT molecular complexity index is 1430. The summed E-state index contributed by atoms with van der Waals surface area (Å²) >= 11 is 0. The van der Waals surface area contributed by atoms with Crippen molar-refractivity contribution in [3.05, 3.63) is 59.3 Å². The number of fused-ring (bicyclic) bond motifs is 5. The summed E-state index contributed by atoms with van der Waals surface area (Å²) in [6.45, 7) is 9.87. The second-order valence-corrected chi connectivity index (χ2v) is 11.4. The van der Waals surface area contributed by atoms with Crippen molar-refractivity contribution >= 4 is 22.7 Å². The number of piperazine rings is 1. The SMILES string of the molecule is CCCOc1ccc(C2CN3C(=O)CN(CCCN4CCOCC4)C(=O)[C@]3(C)c3[nH]c4ccccc4c32)cc1OC. The predicted octanol–water partition coefficient (Wildman–Crippen LogP) is 3.72. The highest BCUT2D eigenvalue weighted by Gasteiger charge is 2.56. The van der Waals surface area contributed by atoms with Gasteiger partial charge in [0.05, 0.1) is 39.2 Å². The molecule has 0 saturated carbocycles. The van der Waals surface area contributed by atoms with E-state index in [0.717, 1.165) is 73.4 Å². The van der Waals surface area contributed by atoms with E-state index in [1.165, 1.54) is 0 Å². The second-order valence-electron chi connectivity index (χ2n) is 11.4. The van der Waals surface area contributed by atoms with E-state index in [1.807, 2.05) is 37.3 Å². The van der Waals surface area contributed by atoms with Gasteiger partial charge in [-0.2, -0.15) is 0 Å². The molecule has 1 unspecified atom stereocenters. The minimum atomic E-state index is -1.10. The molecule has 6 rings (SSSR count). The Morgan fingerprint density at radius 1 is 1.07 bits per heavy atom. The smallest absolute Gasteiger partial charge is 0.254 e. The number of amides is 2. The molecule has 3 aliphatic rings. The van der Waals surface area contributed by atoms with Gasteiger partial charge < -0.3 is 29.0 Å². The largest absolute Gasteiger partial charge is 0.493 e. The molecule has 2 saturated heterocycles. The lowest BCUT2D eigenvalue weighted by Crippen LogP contribution is -2.67. The standard InChI is InChI=1S/C32H40N4O5/c1-4-16-41-26-11-10-22(19-27(26)39-3)24-20-36-28(37)21-35(13-7-12-34-14-17-40-18-15-34)31(38)32(36,2)30-29(24)23-8-5-6-9-25(23)33-30/h5-6,8-11,19,24,33H,4,7,12-18,20-21H2,1-3H3/t24?,32-/m0/s1. The van der Waals surface area contributed by atoms with E-state index in [2.05, 4.69) is 28.9 Å². The maximum atomic E-state index is 14.3. The van der Waals surface area contributed by atoms with Gasteiger partial charge in [0, 0.05) is 49.5 Å². The number of hydrogen-bond acceptors (Lipinski definition) is 6. The Kier molecular flexibility index (Phi) is 7.66. The molecule has 3 aromatic rings. The normalized spacial score (nSPS) is 23.0. The number of rotatable bonds is 9. The van der Waals surface area contributed by atoms with E-state index in [9.17, 15) is 9.59 Å². The molecular formula is C32H40N4O5. The van der Waals surface area contributed by atoms with Crippen LogP contribution in [0.1, 0.15) is 49.4 Å². The lowest BCUT2D eigenvalue weighted by atomic mass is 9.76. The Labute approximate surface area is 241 Å². The van der Waals surface area contributed by atoms with E-state index >= 15 is 0 Å². The van der Waals surface area contributed by atoms with E-state index in [0.29, 0.717) is 31.2 Å². The maximum Gasteiger partial charge on any atom is 0.254 e. The minimum Gasteiger partial charge on any atom is -0.493 e. The number of methoxy groups -OCH3 is 1. The van der Waals surface area contributed by atoms with Crippen molar-refractivity contribution in [2.24, 2.45) is 0 Å². The number of carbonyl (C=O) groups excluding carboxylic acids is 2. The number of ether oxygens (including phenoxy) is 3. The molecule has 1 aromatic heterocycles. The van der Waals surface area contributed by atoms with Gasteiger partial charge in [-0.1, -0.05) is 31.2 Å². The summed E-state index contributed by atoms with van der Waals surface area (Å²) in [5, 5.41) is 1.07. The van der Waals surface area contributed by atoms with Crippen LogP contribution in [0.2, 0.25) is 0 Å². The van der Waals surface area contributed by atoms with Gasteiger partial charge in [-0.3, -0.25) is 14.5 Å². The van der Waals surface area contributed by atoms with Crippen LogP contribution in [0.3, 0.4) is 0 Å². The number of nitrogens with one attached hydrogen (secondary N) is 1. The van der Waals surface area contributed by atoms with Crippen LogP contribution in [0.15, 0.2) is 42.5 Å². The van der Waals surface area contributed by atoms with E-state index < -0.39 is 5.54 Å².